The van der Waals surface area contributed by atoms with Crippen molar-refractivity contribution in [3.05, 3.63) is 82.6 Å². The van der Waals surface area contributed by atoms with Crippen LogP contribution < -0.4 is 0 Å². The van der Waals surface area contributed by atoms with Gasteiger partial charge in [-0.05, 0) is 119 Å². The van der Waals surface area contributed by atoms with Gasteiger partial charge in [-0.2, -0.15) is 0 Å². The molecule has 3 aliphatic rings. The third-order valence-corrected chi connectivity index (χ3v) is 10.1. The number of hydrogen-bond acceptors (Lipinski definition) is 6. The number of carbonyl (C=O) groups excluding carboxylic acids is 2. The number of aryl methyl sites for hydroxylation is 1. The summed E-state index contributed by atoms with van der Waals surface area (Å²) in [5.41, 5.74) is 4.01. The van der Waals surface area contributed by atoms with Gasteiger partial charge in [0.25, 0.3) is 0 Å². The molecule has 1 aliphatic heterocycles. The van der Waals surface area contributed by atoms with E-state index in [1.54, 1.807) is 0 Å². The number of aliphatic hydroxyl groups excluding tert-OH is 1. The molecule has 6 rings (SSSR count). The molecule has 1 N–H and O–H groups in total. The topological polar surface area (TPSA) is 86.0 Å². The van der Waals surface area contributed by atoms with Crippen molar-refractivity contribution in [2.24, 2.45) is 28.6 Å². The molecule has 6 heteroatoms. The van der Waals surface area contributed by atoms with Crippen molar-refractivity contribution in [2.45, 2.75) is 92.1 Å². The monoisotopic (exact) mass is 638 g/mol. The van der Waals surface area contributed by atoms with Crippen LogP contribution in [0.15, 0.2) is 64.6 Å². The fourth-order valence-electron chi connectivity index (χ4n) is 8.02. The highest BCUT2D eigenvalue weighted by Gasteiger charge is 2.41. The molecule has 3 unspecified atom stereocenters. The number of carbonyl (C=O) groups is 2. The van der Waals surface area contributed by atoms with Gasteiger partial charge < -0.3 is 19.0 Å². The van der Waals surface area contributed by atoms with E-state index in [1.807, 2.05) is 50.2 Å². The van der Waals surface area contributed by atoms with Crippen LogP contribution in [0.5, 0.6) is 0 Å². The second kappa shape index (κ2) is 14.5. The Hall–Kier alpha value is -3.82. The largest absolute Gasteiger partial charge is 0.461 e. The molecule has 47 heavy (non-hydrogen) atoms. The van der Waals surface area contributed by atoms with Gasteiger partial charge in [-0.15, -0.1) is 0 Å². The third kappa shape index (κ3) is 8.76. The predicted octanol–water partition coefficient (Wildman–Crippen LogP) is 8.35. The Balaban J connectivity index is 0.00000213. The lowest BCUT2D eigenvalue weighted by molar-refractivity contribution is -0.160. The molecule has 0 spiro atoms. The normalized spacial score (nSPS) is 26.2. The molecular formula is C41H50O6. The Morgan fingerprint density at radius 2 is 1.68 bits per heavy atom. The lowest BCUT2D eigenvalue weighted by Crippen LogP contribution is -2.35. The van der Waals surface area contributed by atoms with Crippen LogP contribution >= 0.6 is 0 Å². The second-order valence-electron chi connectivity index (χ2n) is 15.2. The average Bonchev–Trinajstić information content (AvgIpc) is 3.59. The van der Waals surface area contributed by atoms with Crippen molar-refractivity contribution in [1.29, 1.82) is 0 Å². The molecule has 2 saturated carbocycles. The summed E-state index contributed by atoms with van der Waals surface area (Å²) in [4.78, 5) is 25.8. The number of furan rings is 1. The number of ether oxygens (including phenoxy) is 2. The third-order valence-electron chi connectivity index (χ3n) is 10.1. The first-order valence-electron chi connectivity index (χ1n) is 17.1. The van der Waals surface area contributed by atoms with Gasteiger partial charge in [0.2, 0.25) is 0 Å². The summed E-state index contributed by atoms with van der Waals surface area (Å²) in [6.45, 7) is 10.6. The Labute approximate surface area is 279 Å². The molecule has 0 amide bonds. The quantitative estimate of drug-likeness (QED) is 0.159. The first kappa shape index (κ1) is 34.5. The van der Waals surface area contributed by atoms with Crippen LogP contribution in [0, 0.1) is 47.3 Å². The number of cyclic esters (lactones) is 1. The van der Waals surface area contributed by atoms with Gasteiger partial charge in [0.05, 0.1) is 5.41 Å². The van der Waals surface area contributed by atoms with E-state index in [0.717, 1.165) is 59.0 Å². The van der Waals surface area contributed by atoms with Crippen molar-refractivity contribution >= 4 is 22.9 Å². The highest BCUT2D eigenvalue weighted by atomic mass is 16.6. The molecule has 3 atom stereocenters. The van der Waals surface area contributed by atoms with Crippen LogP contribution in [0.2, 0.25) is 0 Å². The van der Waals surface area contributed by atoms with Gasteiger partial charge in [0, 0.05) is 42.0 Å². The molecule has 3 fully saturated rings. The van der Waals surface area contributed by atoms with Crippen LogP contribution in [0.25, 0.3) is 11.0 Å². The SMILES string of the molecule is CO.Cc1ccc(C#Cc2ccc3oc(CC(C)(C)C(=O)OCC4C/C(=C\CC5(C)CC6CC(C)CC(C6)C5)C(=O)O4)cc3c2)cc1. The summed E-state index contributed by atoms with van der Waals surface area (Å²) in [5.74, 6) is 9.03. The van der Waals surface area contributed by atoms with Crippen LogP contribution in [0.4, 0.5) is 0 Å². The van der Waals surface area contributed by atoms with Crippen LogP contribution in [0.3, 0.4) is 0 Å². The van der Waals surface area contributed by atoms with Gasteiger partial charge in [-0.1, -0.05) is 49.5 Å². The molecule has 6 nitrogen and oxygen atoms in total. The minimum atomic E-state index is -0.811. The Kier molecular flexibility index (Phi) is 10.7. The first-order valence-corrected chi connectivity index (χ1v) is 17.1. The maximum absolute atomic E-state index is 13.2. The van der Waals surface area contributed by atoms with Crippen molar-refractivity contribution in [3.8, 4) is 11.8 Å². The molecule has 3 aromatic rings. The zero-order chi connectivity index (χ0) is 33.8. The van der Waals surface area contributed by atoms with E-state index in [0.29, 0.717) is 18.6 Å². The summed E-state index contributed by atoms with van der Waals surface area (Å²) < 4.78 is 17.4. The van der Waals surface area contributed by atoms with Gasteiger partial charge >= 0.3 is 11.9 Å². The number of rotatable bonds is 7. The number of hydrogen-bond donors (Lipinski definition) is 1. The Morgan fingerprint density at radius 1 is 1.02 bits per heavy atom. The smallest absolute Gasteiger partial charge is 0.334 e. The standard InChI is InChI=1S/C40H46O5.CH4O/c1-26-6-8-28(9-7-26)10-11-29-12-13-36-33(19-29)21-34(44-36)24-39(3,4)38(42)43-25-35-20-32(37(41)45-35)14-15-40(5)22-30-16-27(2)17-31(18-30)23-40;1-2/h6-9,12-14,19,21,27,30-31,35H,15-18,20,22-25H2,1-5H3;2H,1H3/b32-14+;. The fourth-order valence-corrected chi connectivity index (χ4v) is 8.02. The van der Waals surface area contributed by atoms with E-state index in [4.69, 9.17) is 19.0 Å². The maximum atomic E-state index is 13.2. The van der Waals surface area contributed by atoms with E-state index < -0.39 is 11.5 Å². The second-order valence-corrected chi connectivity index (χ2v) is 15.2. The molecule has 1 aromatic heterocycles. The lowest BCUT2D eigenvalue weighted by atomic mass is 9.58. The zero-order valence-corrected chi connectivity index (χ0v) is 28.9. The Morgan fingerprint density at radius 3 is 2.38 bits per heavy atom. The van der Waals surface area contributed by atoms with E-state index in [2.05, 4.69) is 50.8 Å². The molecule has 1 saturated heterocycles. The minimum Gasteiger partial charge on any atom is -0.461 e. The molecule has 2 bridgehead atoms. The number of benzene rings is 2. The maximum Gasteiger partial charge on any atom is 0.334 e. The van der Waals surface area contributed by atoms with Crippen LogP contribution in [-0.2, 0) is 25.5 Å². The average molecular weight is 639 g/mol. The molecule has 2 aromatic carbocycles. The number of allylic oxidation sites excluding steroid dienone is 1. The minimum absolute atomic E-state index is 0.0633. The number of fused-ring (bicyclic) bond motifs is 3. The van der Waals surface area contributed by atoms with Crippen molar-refractivity contribution in [3.63, 3.8) is 0 Å². The summed E-state index contributed by atoms with van der Waals surface area (Å²) >= 11 is 0. The van der Waals surface area contributed by atoms with E-state index in [9.17, 15) is 9.59 Å². The lowest BCUT2D eigenvalue weighted by Gasteiger charge is -2.47. The fraction of sp³-hybridized carbons (Fsp3) is 0.512. The van der Waals surface area contributed by atoms with Gasteiger partial charge in [0.15, 0.2) is 0 Å². The van der Waals surface area contributed by atoms with Crippen molar-refractivity contribution in [2.75, 3.05) is 13.7 Å². The van der Waals surface area contributed by atoms with E-state index >= 15 is 0 Å². The highest BCUT2D eigenvalue weighted by Crippen LogP contribution is 2.52. The molecule has 2 aliphatic carbocycles. The summed E-state index contributed by atoms with van der Waals surface area (Å²) in [6, 6.07) is 16.0. The molecule has 250 valence electrons. The highest BCUT2D eigenvalue weighted by molar-refractivity contribution is 5.90. The summed E-state index contributed by atoms with van der Waals surface area (Å²) in [7, 11) is 1.00. The first-order chi connectivity index (χ1) is 22.4. The molecule has 0 radical (unpaired) electrons. The van der Waals surface area contributed by atoms with Crippen molar-refractivity contribution in [1.82, 2.24) is 0 Å². The Bertz CT molecular complexity index is 1650. The van der Waals surface area contributed by atoms with Crippen LogP contribution in [0.1, 0.15) is 95.1 Å². The van der Waals surface area contributed by atoms with Gasteiger partial charge in [0.1, 0.15) is 24.1 Å². The molecule has 2 heterocycles. The summed E-state index contributed by atoms with van der Waals surface area (Å²) in [5, 5.41) is 7.95. The summed E-state index contributed by atoms with van der Waals surface area (Å²) in [6.07, 6.45) is 10.0. The van der Waals surface area contributed by atoms with Crippen LogP contribution in [-0.4, -0.2) is 36.9 Å². The van der Waals surface area contributed by atoms with Gasteiger partial charge in [-0.25, -0.2) is 4.79 Å². The predicted molar refractivity (Wildman–Crippen MR) is 184 cm³/mol. The van der Waals surface area contributed by atoms with Gasteiger partial charge in [-0.3, -0.25) is 4.79 Å². The van der Waals surface area contributed by atoms with E-state index in [1.165, 1.54) is 37.7 Å². The molecular weight excluding hydrogens is 588 g/mol. The van der Waals surface area contributed by atoms with E-state index in [-0.39, 0.29) is 24.0 Å². The van der Waals surface area contributed by atoms with Crippen molar-refractivity contribution < 1.29 is 28.6 Å². The zero-order valence-electron chi connectivity index (χ0n) is 28.9. The number of aliphatic hydroxyl groups is 1. The number of esters is 2.